The number of rotatable bonds is 4. The van der Waals surface area contributed by atoms with Crippen molar-refractivity contribution in [3.05, 3.63) is 47.3 Å². The molecule has 2 aromatic rings. The van der Waals surface area contributed by atoms with Crippen molar-refractivity contribution in [1.29, 1.82) is 0 Å². The van der Waals surface area contributed by atoms with Crippen molar-refractivity contribution in [2.75, 3.05) is 18.9 Å². The average molecular weight is 341 g/mol. The van der Waals surface area contributed by atoms with Crippen molar-refractivity contribution in [3.63, 3.8) is 0 Å². The fourth-order valence-electron chi connectivity index (χ4n) is 3.04. The van der Waals surface area contributed by atoms with Gasteiger partial charge < -0.3 is 15.5 Å². The van der Waals surface area contributed by atoms with Crippen LogP contribution in [0.4, 0.5) is 10.5 Å². The second-order valence-electron chi connectivity index (χ2n) is 6.48. The van der Waals surface area contributed by atoms with E-state index in [2.05, 4.69) is 15.7 Å². The van der Waals surface area contributed by atoms with Gasteiger partial charge in [0.15, 0.2) is 0 Å². The van der Waals surface area contributed by atoms with E-state index >= 15 is 0 Å². The molecule has 132 valence electrons. The number of urea groups is 1. The highest BCUT2D eigenvalue weighted by Gasteiger charge is 2.30. The van der Waals surface area contributed by atoms with E-state index in [4.69, 9.17) is 0 Å². The largest absolute Gasteiger partial charge is 0.344 e. The number of aryl methyl sites for hydroxylation is 2. The molecule has 3 rings (SSSR count). The lowest BCUT2D eigenvalue weighted by Gasteiger charge is -2.13. The predicted octanol–water partition coefficient (Wildman–Crippen LogP) is 1.90. The summed E-state index contributed by atoms with van der Waals surface area (Å²) in [5, 5.41) is 9.98. The molecule has 1 fully saturated rings. The van der Waals surface area contributed by atoms with Crippen LogP contribution in [0.25, 0.3) is 0 Å². The SMILES string of the molecule is Cc1cc(C)n(Cc2cccc(NC(=O)NC3CCN(C)C3=O)c2)n1. The number of benzene rings is 1. The molecule has 7 nitrogen and oxygen atoms in total. The summed E-state index contributed by atoms with van der Waals surface area (Å²) in [6.07, 6.45) is 0.640. The normalized spacial score (nSPS) is 17.0. The van der Waals surface area contributed by atoms with Gasteiger partial charge in [0.1, 0.15) is 6.04 Å². The summed E-state index contributed by atoms with van der Waals surface area (Å²) in [6.45, 7) is 5.29. The third-order valence-electron chi connectivity index (χ3n) is 4.35. The van der Waals surface area contributed by atoms with Crippen LogP contribution < -0.4 is 10.6 Å². The standard InChI is InChI=1S/C18H23N5O2/c1-12-9-13(2)23(21-12)11-14-5-4-6-15(10-14)19-18(25)20-16-7-8-22(3)17(16)24/h4-6,9-10,16H,7-8,11H2,1-3H3,(H2,19,20,25). The molecule has 1 aromatic heterocycles. The molecule has 1 saturated heterocycles. The van der Waals surface area contributed by atoms with E-state index in [1.807, 2.05) is 48.9 Å². The Labute approximate surface area is 147 Å². The van der Waals surface area contributed by atoms with E-state index < -0.39 is 6.04 Å². The molecule has 2 N–H and O–H groups in total. The lowest BCUT2D eigenvalue weighted by molar-refractivity contribution is -0.128. The van der Waals surface area contributed by atoms with Crippen molar-refractivity contribution < 1.29 is 9.59 Å². The number of likely N-dealkylation sites (N-methyl/N-ethyl adjacent to an activating group) is 1. The molecular formula is C18H23N5O2. The summed E-state index contributed by atoms with van der Waals surface area (Å²) in [6, 6.07) is 8.86. The summed E-state index contributed by atoms with van der Waals surface area (Å²) < 4.78 is 1.93. The molecule has 3 amide bonds. The van der Waals surface area contributed by atoms with Gasteiger partial charge >= 0.3 is 6.03 Å². The van der Waals surface area contributed by atoms with Crippen molar-refractivity contribution in [2.24, 2.45) is 0 Å². The average Bonchev–Trinajstić information content (AvgIpc) is 3.03. The first-order valence-electron chi connectivity index (χ1n) is 8.35. The highest BCUT2D eigenvalue weighted by molar-refractivity contribution is 5.94. The van der Waals surface area contributed by atoms with Crippen LogP contribution in [-0.2, 0) is 11.3 Å². The zero-order chi connectivity index (χ0) is 18.0. The van der Waals surface area contributed by atoms with E-state index in [-0.39, 0.29) is 11.9 Å². The molecular weight excluding hydrogens is 318 g/mol. The Bertz CT molecular complexity index is 799. The summed E-state index contributed by atoms with van der Waals surface area (Å²) in [5.41, 5.74) is 3.81. The van der Waals surface area contributed by atoms with Crippen LogP contribution >= 0.6 is 0 Å². The zero-order valence-corrected chi connectivity index (χ0v) is 14.7. The molecule has 25 heavy (non-hydrogen) atoms. The van der Waals surface area contributed by atoms with E-state index in [1.54, 1.807) is 11.9 Å². The number of carbonyl (C=O) groups excluding carboxylic acids is 2. The number of likely N-dealkylation sites (tertiary alicyclic amines) is 1. The van der Waals surface area contributed by atoms with Crippen LogP contribution in [0.1, 0.15) is 23.4 Å². The van der Waals surface area contributed by atoms with Gasteiger partial charge in [-0.15, -0.1) is 0 Å². The first kappa shape index (κ1) is 17.0. The molecule has 2 heterocycles. The Morgan fingerprint density at radius 2 is 2.12 bits per heavy atom. The molecule has 1 atom stereocenters. The molecule has 0 spiro atoms. The molecule has 1 aromatic carbocycles. The highest BCUT2D eigenvalue weighted by Crippen LogP contribution is 2.14. The number of nitrogens with zero attached hydrogens (tertiary/aromatic N) is 3. The third-order valence-corrected chi connectivity index (χ3v) is 4.35. The smallest absolute Gasteiger partial charge is 0.319 e. The molecule has 7 heteroatoms. The number of carbonyl (C=O) groups is 2. The lowest BCUT2D eigenvalue weighted by atomic mass is 10.2. The first-order valence-corrected chi connectivity index (χ1v) is 8.35. The van der Waals surface area contributed by atoms with Gasteiger partial charge in [0.2, 0.25) is 5.91 Å². The van der Waals surface area contributed by atoms with E-state index in [9.17, 15) is 9.59 Å². The summed E-state index contributed by atoms with van der Waals surface area (Å²) in [5.74, 6) is -0.0478. The minimum absolute atomic E-state index is 0.0478. The Morgan fingerprint density at radius 3 is 2.76 bits per heavy atom. The molecule has 1 unspecified atom stereocenters. The summed E-state index contributed by atoms with van der Waals surface area (Å²) in [4.78, 5) is 25.6. The Morgan fingerprint density at radius 1 is 1.32 bits per heavy atom. The minimum Gasteiger partial charge on any atom is -0.344 e. The maximum atomic E-state index is 12.1. The quantitative estimate of drug-likeness (QED) is 0.891. The number of anilines is 1. The monoisotopic (exact) mass is 341 g/mol. The van der Waals surface area contributed by atoms with Gasteiger partial charge in [0.25, 0.3) is 0 Å². The van der Waals surface area contributed by atoms with E-state index in [0.717, 1.165) is 17.0 Å². The fraction of sp³-hybridized carbons (Fsp3) is 0.389. The van der Waals surface area contributed by atoms with Gasteiger partial charge in [0, 0.05) is 25.0 Å². The topological polar surface area (TPSA) is 79.3 Å². The second-order valence-corrected chi connectivity index (χ2v) is 6.48. The van der Waals surface area contributed by atoms with Gasteiger partial charge in [-0.1, -0.05) is 12.1 Å². The van der Waals surface area contributed by atoms with Crippen LogP contribution in [0.15, 0.2) is 30.3 Å². The molecule has 1 aliphatic rings. The maximum Gasteiger partial charge on any atom is 0.319 e. The molecule has 1 aliphatic heterocycles. The van der Waals surface area contributed by atoms with E-state index in [1.165, 1.54) is 0 Å². The fourth-order valence-corrected chi connectivity index (χ4v) is 3.04. The number of nitrogens with one attached hydrogen (secondary N) is 2. The number of hydrogen-bond acceptors (Lipinski definition) is 3. The Hall–Kier alpha value is -2.83. The number of aromatic nitrogens is 2. The van der Waals surface area contributed by atoms with Gasteiger partial charge in [0.05, 0.1) is 12.2 Å². The van der Waals surface area contributed by atoms with Gasteiger partial charge in [-0.2, -0.15) is 5.10 Å². The summed E-state index contributed by atoms with van der Waals surface area (Å²) >= 11 is 0. The Kier molecular flexibility index (Phi) is 4.74. The van der Waals surface area contributed by atoms with Gasteiger partial charge in [-0.25, -0.2) is 4.79 Å². The summed E-state index contributed by atoms with van der Waals surface area (Å²) in [7, 11) is 1.74. The van der Waals surface area contributed by atoms with Gasteiger partial charge in [-0.3, -0.25) is 9.48 Å². The Balaban J connectivity index is 1.62. The zero-order valence-electron chi connectivity index (χ0n) is 14.7. The first-order chi connectivity index (χ1) is 11.9. The lowest BCUT2D eigenvalue weighted by Crippen LogP contribution is -2.42. The molecule has 0 saturated carbocycles. The maximum absolute atomic E-state index is 12.1. The van der Waals surface area contributed by atoms with Crippen LogP contribution in [0.3, 0.4) is 0 Å². The number of hydrogen-bond donors (Lipinski definition) is 2. The third kappa shape index (κ3) is 3.99. The van der Waals surface area contributed by atoms with Crippen LogP contribution in [0.5, 0.6) is 0 Å². The van der Waals surface area contributed by atoms with Crippen molar-refractivity contribution >= 4 is 17.6 Å². The van der Waals surface area contributed by atoms with Crippen LogP contribution in [-0.4, -0.2) is 46.3 Å². The number of amides is 3. The molecule has 0 aliphatic carbocycles. The molecule has 0 bridgehead atoms. The van der Waals surface area contributed by atoms with Crippen LogP contribution in [0, 0.1) is 13.8 Å². The molecule has 0 radical (unpaired) electrons. The van der Waals surface area contributed by atoms with Crippen molar-refractivity contribution in [3.8, 4) is 0 Å². The van der Waals surface area contributed by atoms with Gasteiger partial charge in [-0.05, 0) is 44.0 Å². The predicted molar refractivity (Wildman–Crippen MR) is 95.4 cm³/mol. The van der Waals surface area contributed by atoms with E-state index in [0.29, 0.717) is 25.2 Å². The van der Waals surface area contributed by atoms with Crippen molar-refractivity contribution in [1.82, 2.24) is 20.0 Å². The van der Waals surface area contributed by atoms with Crippen LogP contribution in [0.2, 0.25) is 0 Å². The highest BCUT2D eigenvalue weighted by atomic mass is 16.2. The minimum atomic E-state index is -0.442. The van der Waals surface area contributed by atoms with Crippen molar-refractivity contribution in [2.45, 2.75) is 32.9 Å². The second kappa shape index (κ2) is 6.96.